The van der Waals surface area contributed by atoms with Crippen LogP contribution in [-0.4, -0.2) is 56.6 Å². The highest BCUT2D eigenvalue weighted by atomic mass is 32.2. The maximum atomic E-state index is 12.8. The Bertz CT molecular complexity index is 508. The van der Waals surface area contributed by atoms with E-state index in [2.05, 4.69) is 4.90 Å². The zero-order valence-electron chi connectivity index (χ0n) is 11.0. The molecular weight excluding hydrogens is 267 g/mol. The van der Waals surface area contributed by atoms with E-state index in [1.165, 1.54) is 22.7 Å². The van der Waals surface area contributed by atoms with E-state index in [1.807, 2.05) is 0 Å². The summed E-state index contributed by atoms with van der Waals surface area (Å²) in [5.41, 5.74) is 1.10. The van der Waals surface area contributed by atoms with Crippen molar-refractivity contribution in [1.29, 1.82) is 0 Å². The van der Waals surface area contributed by atoms with Gasteiger partial charge in [-0.2, -0.15) is 4.31 Å². The zero-order valence-corrected chi connectivity index (χ0v) is 11.9. The van der Waals surface area contributed by atoms with Gasteiger partial charge in [-0.15, -0.1) is 0 Å². The smallest absolute Gasteiger partial charge is 0.211 e. The second-order valence-corrected chi connectivity index (χ2v) is 6.86. The largest absolute Gasteiger partial charge is 0.300 e. The molecule has 0 spiro atoms. The van der Waals surface area contributed by atoms with Crippen molar-refractivity contribution in [1.82, 2.24) is 9.21 Å². The average Bonchev–Trinajstić information content (AvgIpc) is 2.37. The molecule has 0 radical (unpaired) electrons. The second kappa shape index (κ2) is 5.98. The fourth-order valence-corrected chi connectivity index (χ4v) is 3.05. The Morgan fingerprint density at radius 3 is 2.21 bits per heavy atom. The molecule has 1 saturated heterocycles. The maximum Gasteiger partial charge on any atom is 0.211 e. The quantitative estimate of drug-likeness (QED) is 0.827. The minimum atomic E-state index is -3.06. The van der Waals surface area contributed by atoms with Crippen molar-refractivity contribution in [2.75, 3.05) is 39.0 Å². The molecule has 2 rings (SSSR count). The molecule has 19 heavy (non-hydrogen) atoms. The fourth-order valence-electron chi connectivity index (χ4n) is 2.22. The SMILES string of the molecule is CS(=O)(=O)N1CCN(CCc2ccc(F)cc2)CC1. The van der Waals surface area contributed by atoms with E-state index >= 15 is 0 Å². The summed E-state index contributed by atoms with van der Waals surface area (Å²) in [5.74, 6) is -0.217. The van der Waals surface area contributed by atoms with Crippen LogP contribution >= 0.6 is 0 Å². The van der Waals surface area contributed by atoms with Crippen molar-refractivity contribution in [3.05, 3.63) is 35.6 Å². The van der Waals surface area contributed by atoms with Crippen LogP contribution in [0.2, 0.25) is 0 Å². The molecule has 0 aliphatic carbocycles. The number of sulfonamides is 1. The first-order chi connectivity index (χ1) is 8.95. The lowest BCUT2D eigenvalue weighted by atomic mass is 10.1. The summed E-state index contributed by atoms with van der Waals surface area (Å²) in [6.07, 6.45) is 2.11. The Morgan fingerprint density at radius 2 is 1.68 bits per heavy atom. The molecule has 0 N–H and O–H groups in total. The third kappa shape index (κ3) is 4.26. The minimum Gasteiger partial charge on any atom is -0.300 e. The van der Waals surface area contributed by atoms with Crippen molar-refractivity contribution < 1.29 is 12.8 Å². The van der Waals surface area contributed by atoms with Gasteiger partial charge in [0.25, 0.3) is 0 Å². The van der Waals surface area contributed by atoms with Crippen LogP contribution < -0.4 is 0 Å². The van der Waals surface area contributed by atoms with Gasteiger partial charge < -0.3 is 4.90 Å². The fraction of sp³-hybridized carbons (Fsp3) is 0.538. The van der Waals surface area contributed by atoms with Gasteiger partial charge in [0.1, 0.15) is 5.82 Å². The van der Waals surface area contributed by atoms with Gasteiger partial charge in [0, 0.05) is 32.7 Å². The first-order valence-electron chi connectivity index (χ1n) is 6.37. The van der Waals surface area contributed by atoms with Gasteiger partial charge in [0.05, 0.1) is 6.26 Å². The van der Waals surface area contributed by atoms with Gasteiger partial charge in [0.15, 0.2) is 0 Å². The van der Waals surface area contributed by atoms with Crippen molar-refractivity contribution in [3.8, 4) is 0 Å². The van der Waals surface area contributed by atoms with Crippen molar-refractivity contribution in [2.45, 2.75) is 6.42 Å². The number of halogens is 1. The van der Waals surface area contributed by atoms with Gasteiger partial charge in [-0.05, 0) is 24.1 Å². The molecule has 0 unspecified atom stereocenters. The number of rotatable bonds is 4. The number of piperazine rings is 1. The molecule has 0 amide bonds. The van der Waals surface area contributed by atoms with E-state index < -0.39 is 10.0 Å². The summed E-state index contributed by atoms with van der Waals surface area (Å²) in [4.78, 5) is 2.24. The minimum absolute atomic E-state index is 0.217. The summed E-state index contributed by atoms with van der Waals surface area (Å²) in [5, 5.41) is 0. The van der Waals surface area contributed by atoms with Gasteiger partial charge in [-0.3, -0.25) is 0 Å². The predicted molar refractivity (Wildman–Crippen MR) is 73.0 cm³/mol. The lowest BCUT2D eigenvalue weighted by molar-refractivity contribution is 0.191. The summed E-state index contributed by atoms with van der Waals surface area (Å²) < 4.78 is 37.0. The molecule has 106 valence electrons. The molecule has 4 nitrogen and oxygen atoms in total. The Morgan fingerprint density at radius 1 is 1.11 bits per heavy atom. The Kier molecular flexibility index (Phi) is 4.54. The summed E-state index contributed by atoms with van der Waals surface area (Å²) >= 11 is 0. The predicted octanol–water partition coefficient (Wildman–Crippen LogP) is 0.945. The van der Waals surface area contributed by atoms with Crippen molar-refractivity contribution in [2.24, 2.45) is 0 Å². The number of hydrogen-bond donors (Lipinski definition) is 0. The number of hydrogen-bond acceptors (Lipinski definition) is 3. The molecule has 0 bridgehead atoms. The topological polar surface area (TPSA) is 40.6 Å². The lowest BCUT2D eigenvalue weighted by Crippen LogP contribution is -2.48. The van der Waals surface area contributed by atoms with E-state index in [1.54, 1.807) is 12.1 Å². The molecule has 1 aliphatic rings. The number of benzene rings is 1. The highest BCUT2D eigenvalue weighted by Crippen LogP contribution is 2.08. The summed E-state index contributed by atoms with van der Waals surface area (Å²) in [6, 6.07) is 6.53. The van der Waals surface area contributed by atoms with Crippen LogP contribution in [0.15, 0.2) is 24.3 Å². The molecule has 0 aromatic heterocycles. The van der Waals surface area contributed by atoms with Gasteiger partial charge in [-0.25, -0.2) is 12.8 Å². The first-order valence-corrected chi connectivity index (χ1v) is 8.22. The summed E-state index contributed by atoms with van der Waals surface area (Å²) in [6.45, 7) is 3.51. The van der Waals surface area contributed by atoms with Crippen LogP contribution in [0, 0.1) is 5.82 Å². The lowest BCUT2D eigenvalue weighted by Gasteiger charge is -2.33. The van der Waals surface area contributed by atoms with E-state index in [0.29, 0.717) is 13.1 Å². The molecule has 1 fully saturated rings. The number of nitrogens with zero attached hydrogens (tertiary/aromatic N) is 2. The zero-order chi connectivity index (χ0) is 13.9. The molecule has 1 heterocycles. The van der Waals surface area contributed by atoms with E-state index in [0.717, 1.165) is 31.6 Å². The average molecular weight is 286 g/mol. The normalized spacial score (nSPS) is 18.6. The van der Waals surface area contributed by atoms with Crippen LogP contribution in [0.4, 0.5) is 4.39 Å². The van der Waals surface area contributed by atoms with Crippen LogP contribution in [0.25, 0.3) is 0 Å². The van der Waals surface area contributed by atoms with Crippen molar-refractivity contribution in [3.63, 3.8) is 0 Å². The Balaban J connectivity index is 1.78. The highest BCUT2D eigenvalue weighted by molar-refractivity contribution is 7.88. The molecule has 1 aromatic rings. The van der Waals surface area contributed by atoms with Crippen LogP contribution in [-0.2, 0) is 16.4 Å². The van der Waals surface area contributed by atoms with Crippen LogP contribution in [0.1, 0.15) is 5.56 Å². The van der Waals surface area contributed by atoms with E-state index in [-0.39, 0.29) is 5.82 Å². The van der Waals surface area contributed by atoms with Crippen LogP contribution in [0.5, 0.6) is 0 Å². The highest BCUT2D eigenvalue weighted by Gasteiger charge is 2.22. The van der Waals surface area contributed by atoms with Gasteiger partial charge in [0.2, 0.25) is 10.0 Å². The first kappa shape index (κ1) is 14.4. The van der Waals surface area contributed by atoms with E-state index in [4.69, 9.17) is 0 Å². The standard InChI is InChI=1S/C13H19FN2O2S/c1-19(17,18)16-10-8-15(9-11-16)7-6-12-2-4-13(14)5-3-12/h2-5H,6-11H2,1H3. The van der Waals surface area contributed by atoms with Gasteiger partial charge >= 0.3 is 0 Å². The van der Waals surface area contributed by atoms with Crippen LogP contribution in [0.3, 0.4) is 0 Å². The molecule has 1 aromatic carbocycles. The Labute approximate surface area is 113 Å². The van der Waals surface area contributed by atoms with Gasteiger partial charge in [-0.1, -0.05) is 12.1 Å². The third-order valence-electron chi connectivity index (χ3n) is 3.43. The second-order valence-electron chi connectivity index (χ2n) is 4.88. The molecule has 0 saturated carbocycles. The van der Waals surface area contributed by atoms with Crippen molar-refractivity contribution >= 4 is 10.0 Å². The maximum absolute atomic E-state index is 12.8. The third-order valence-corrected chi connectivity index (χ3v) is 4.73. The van der Waals surface area contributed by atoms with E-state index in [9.17, 15) is 12.8 Å². The molecular formula is C13H19FN2O2S. The monoisotopic (exact) mass is 286 g/mol. The molecule has 1 aliphatic heterocycles. The molecule has 6 heteroatoms. The summed E-state index contributed by atoms with van der Waals surface area (Å²) in [7, 11) is -3.06. The molecule has 0 atom stereocenters. The Hall–Kier alpha value is -0.980.